The van der Waals surface area contributed by atoms with E-state index in [2.05, 4.69) is 10.6 Å². The van der Waals surface area contributed by atoms with Gasteiger partial charge in [-0.3, -0.25) is 14.4 Å². The van der Waals surface area contributed by atoms with Gasteiger partial charge in [-0.15, -0.1) is 0 Å². The number of hydrogen-bond acceptors (Lipinski definition) is 4. The van der Waals surface area contributed by atoms with Gasteiger partial charge in [0.15, 0.2) is 5.78 Å². The number of amides is 2. The maximum absolute atomic E-state index is 12.3. The number of Topliss-reactive ketones (excluding diaryl/α,β-unsaturated/α-hetero) is 1. The molecule has 6 heteroatoms. The third-order valence-corrected chi connectivity index (χ3v) is 4.34. The lowest BCUT2D eigenvalue weighted by Crippen LogP contribution is -2.20. The summed E-state index contributed by atoms with van der Waals surface area (Å²) in [4.78, 5) is 36.1. The van der Waals surface area contributed by atoms with Gasteiger partial charge in [0, 0.05) is 23.0 Å². The van der Waals surface area contributed by atoms with Crippen LogP contribution in [0.15, 0.2) is 48.5 Å². The Labute approximate surface area is 151 Å². The van der Waals surface area contributed by atoms with Crippen molar-refractivity contribution < 1.29 is 19.1 Å². The molecule has 2 N–H and O–H groups in total. The van der Waals surface area contributed by atoms with Crippen LogP contribution >= 0.6 is 0 Å². The number of ketones is 1. The number of anilines is 2. The lowest BCUT2D eigenvalue weighted by Gasteiger charge is -2.08. The summed E-state index contributed by atoms with van der Waals surface area (Å²) >= 11 is 0. The average Bonchev–Trinajstić information content (AvgIpc) is 3.43. The number of ether oxygens (including phenoxy) is 1. The van der Waals surface area contributed by atoms with E-state index in [-0.39, 0.29) is 29.4 Å². The van der Waals surface area contributed by atoms with Crippen LogP contribution in [-0.4, -0.2) is 24.7 Å². The van der Waals surface area contributed by atoms with Crippen molar-refractivity contribution in [2.24, 2.45) is 11.8 Å². The molecule has 1 aliphatic rings. The maximum Gasteiger partial charge on any atom is 0.228 e. The minimum Gasteiger partial charge on any atom is -0.497 e. The van der Waals surface area contributed by atoms with Gasteiger partial charge in [-0.05, 0) is 37.6 Å². The summed E-state index contributed by atoms with van der Waals surface area (Å²) in [6.45, 7) is 1.47. The molecule has 6 nitrogen and oxygen atoms in total. The molecule has 1 saturated carbocycles. The Hall–Kier alpha value is -3.15. The van der Waals surface area contributed by atoms with E-state index in [1.165, 1.54) is 6.92 Å². The van der Waals surface area contributed by atoms with Gasteiger partial charge in [-0.25, -0.2) is 0 Å². The van der Waals surface area contributed by atoms with Crippen LogP contribution < -0.4 is 15.4 Å². The molecule has 2 atom stereocenters. The van der Waals surface area contributed by atoms with E-state index < -0.39 is 0 Å². The third-order valence-electron chi connectivity index (χ3n) is 4.34. The maximum atomic E-state index is 12.3. The topological polar surface area (TPSA) is 84.5 Å². The van der Waals surface area contributed by atoms with Crippen molar-refractivity contribution in [3.8, 4) is 5.75 Å². The summed E-state index contributed by atoms with van der Waals surface area (Å²) in [7, 11) is 1.56. The van der Waals surface area contributed by atoms with Crippen LogP contribution in [0.2, 0.25) is 0 Å². The van der Waals surface area contributed by atoms with E-state index in [0.29, 0.717) is 29.1 Å². The number of nitrogens with one attached hydrogen (secondary N) is 2. The van der Waals surface area contributed by atoms with Crippen LogP contribution in [0.5, 0.6) is 5.75 Å². The Morgan fingerprint density at radius 2 is 1.50 bits per heavy atom. The average molecular weight is 352 g/mol. The molecule has 2 unspecified atom stereocenters. The molecule has 26 heavy (non-hydrogen) atoms. The van der Waals surface area contributed by atoms with Gasteiger partial charge >= 0.3 is 0 Å². The molecule has 0 bridgehead atoms. The summed E-state index contributed by atoms with van der Waals surface area (Å²) in [5.74, 6) is -0.521. The van der Waals surface area contributed by atoms with Crippen molar-refractivity contribution in [3.63, 3.8) is 0 Å². The minimum atomic E-state index is -0.360. The molecule has 0 heterocycles. The van der Waals surface area contributed by atoms with Crippen molar-refractivity contribution in [1.82, 2.24) is 0 Å². The largest absolute Gasteiger partial charge is 0.497 e. The molecule has 0 aliphatic heterocycles. The smallest absolute Gasteiger partial charge is 0.228 e. The Kier molecular flexibility index (Phi) is 5.02. The fourth-order valence-electron chi connectivity index (χ4n) is 2.76. The lowest BCUT2D eigenvalue weighted by molar-refractivity contribution is -0.122. The van der Waals surface area contributed by atoms with Crippen molar-refractivity contribution in [3.05, 3.63) is 54.1 Å². The van der Waals surface area contributed by atoms with Crippen LogP contribution in [0.3, 0.4) is 0 Å². The van der Waals surface area contributed by atoms with E-state index in [9.17, 15) is 14.4 Å². The van der Waals surface area contributed by atoms with Crippen LogP contribution in [-0.2, 0) is 9.59 Å². The lowest BCUT2D eigenvalue weighted by atomic mass is 10.1. The number of carbonyl (C=O) groups is 3. The number of methoxy groups -OCH3 is 1. The predicted molar refractivity (Wildman–Crippen MR) is 98.3 cm³/mol. The molecule has 3 rings (SSSR count). The van der Waals surface area contributed by atoms with Gasteiger partial charge in [0.25, 0.3) is 0 Å². The highest BCUT2D eigenvalue weighted by Crippen LogP contribution is 2.40. The van der Waals surface area contributed by atoms with Crippen LogP contribution in [0, 0.1) is 11.8 Å². The summed E-state index contributed by atoms with van der Waals surface area (Å²) in [6.07, 6.45) is 0.508. The number of hydrogen-bond donors (Lipinski definition) is 2. The summed E-state index contributed by atoms with van der Waals surface area (Å²) in [5, 5.41) is 5.58. The Morgan fingerprint density at radius 3 is 2.08 bits per heavy atom. The first kappa shape index (κ1) is 17.7. The van der Waals surface area contributed by atoms with Crippen molar-refractivity contribution in [2.45, 2.75) is 13.3 Å². The highest BCUT2D eigenvalue weighted by molar-refractivity contribution is 6.04. The first-order valence-corrected chi connectivity index (χ1v) is 8.34. The molecule has 1 aliphatic carbocycles. The molecule has 2 aromatic carbocycles. The Bertz CT molecular complexity index is 862. The van der Waals surface area contributed by atoms with Crippen LogP contribution in [0.4, 0.5) is 11.4 Å². The van der Waals surface area contributed by atoms with Gasteiger partial charge in [0.1, 0.15) is 5.75 Å². The van der Waals surface area contributed by atoms with Gasteiger partial charge in [0.05, 0.1) is 18.9 Å². The Morgan fingerprint density at radius 1 is 0.923 bits per heavy atom. The first-order valence-electron chi connectivity index (χ1n) is 8.34. The van der Waals surface area contributed by atoms with Gasteiger partial charge < -0.3 is 15.4 Å². The Balaban J connectivity index is 1.57. The second kappa shape index (κ2) is 7.39. The molecule has 2 amide bonds. The zero-order valence-electron chi connectivity index (χ0n) is 14.6. The van der Waals surface area contributed by atoms with Gasteiger partial charge in [0.2, 0.25) is 11.8 Å². The zero-order chi connectivity index (χ0) is 18.7. The molecule has 0 saturated heterocycles. The highest BCUT2D eigenvalue weighted by Gasteiger charge is 2.48. The summed E-state index contributed by atoms with van der Waals surface area (Å²) in [6, 6.07) is 13.8. The summed E-state index contributed by atoms with van der Waals surface area (Å²) in [5.41, 5.74) is 1.72. The fourth-order valence-corrected chi connectivity index (χ4v) is 2.76. The van der Waals surface area contributed by atoms with Crippen molar-refractivity contribution >= 4 is 29.0 Å². The SMILES string of the molecule is COc1cccc(NC(=O)C2CC2C(=O)Nc2cccc(C(C)=O)c2)c1. The van der Waals surface area contributed by atoms with Crippen molar-refractivity contribution in [2.75, 3.05) is 17.7 Å². The monoisotopic (exact) mass is 352 g/mol. The normalized spacial score (nSPS) is 17.9. The molecule has 134 valence electrons. The van der Waals surface area contributed by atoms with E-state index in [1.807, 2.05) is 0 Å². The highest BCUT2D eigenvalue weighted by atomic mass is 16.5. The molecule has 0 spiro atoms. The number of rotatable bonds is 6. The van der Waals surface area contributed by atoms with E-state index in [1.54, 1.807) is 55.6 Å². The molecule has 0 radical (unpaired) electrons. The molecule has 1 fully saturated rings. The van der Waals surface area contributed by atoms with Crippen LogP contribution in [0.1, 0.15) is 23.7 Å². The van der Waals surface area contributed by atoms with E-state index in [4.69, 9.17) is 4.74 Å². The second-order valence-corrected chi connectivity index (χ2v) is 6.30. The third kappa shape index (κ3) is 4.08. The first-order chi connectivity index (χ1) is 12.5. The predicted octanol–water partition coefficient (Wildman–Crippen LogP) is 3.11. The van der Waals surface area contributed by atoms with Crippen molar-refractivity contribution in [1.29, 1.82) is 0 Å². The van der Waals surface area contributed by atoms with Gasteiger partial charge in [-0.2, -0.15) is 0 Å². The molecule has 0 aromatic heterocycles. The van der Waals surface area contributed by atoms with E-state index in [0.717, 1.165) is 0 Å². The zero-order valence-corrected chi connectivity index (χ0v) is 14.6. The van der Waals surface area contributed by atoms with Crippen LogP contribution in [0.25, 0.3) is 0 Å². The molecule has 2 aromatic rings. The van der Waals surface area contributed by atoms with E-state index >= 15 is 0 Å². The molecular weight excluding hydrogens is 332 g/mol. The summed E-state index contributed by atoms with van der Waals surface area (Å²) < 4.78 is 5.13. The number of benzene rings is 2. The van der Waals surface area contributed by atoms with Gasteiger partial charge in [-0.1, -0.05) is 18.2 Å². The fraction of sp³-hybridized carbons (Fsp3) is 0.250. The standard InChI is InChI=1S/C20H20N2O4/c1-12(23)13-5-3-6-14(9-13)21-19(24)17-11-18(17)20(25)22-15-7-4-8-16(10-15)26-2/h3-10,17-18H,11H2,1-2H3,(H,21,24)(H,22,25). The number of carbonyl (C=O) groups excluding carboxylic acids is 3. The second-order valence-electron chi connectivity index (χ2n) is 6.30. The quantitative estimate of drug-likeness (QED) is 0.783. The molecular formula is C20H20N2O4. The minimum absolute atomic E-state index is 0.0666.